The first kappa shape index (κ1) is 16.6. The fraction of sp³-hybridized carbons (Fsp3) is 0.353. The third kappa shape index (κ3) is 3.46. The normalized spacial score (nSPS) is 16.5. The van der Waals surface area contributed by atoms with Crippen LogP contribution < -0.4 is 5.32 Å². The molecule has 1 aliphatic heterocycles. The molecule has 0 fully saturated rings. The van der Waals surface area contributed by atoms with Gasteiger partial charge in [0.25, 0.3) is 0 Å². The van der Waals surface area contributed by atoms with Crippen molar-refractivity contribution in [3.05, 3.63) is 41.2 Å². The van der Waals surface area contributed by atoms with Gasteiger partial charge in [-0.15, -0.1) is 11.8 Å². The number of nitrogens with one attached hydrogen (secondary N) is 1. The van der Waals surface area contributed by atoms with Crippen LogP contribution in [-0.2, 0) is 16.1 Å². The molecule has 1 aromatic heterocycles. The molecule has 1 unspecified atom stereocenters. The zero-order valence-electron chi connectivity index (χ0n) is 13.8. The second-order valence-electron chi connectivity index (χ2n) is 5.75. The van der Waals surface area contributed by atoms with Crippen LogP contribution in [-0.4, -0.2) is 33.5 Å². The molecule has 2 aromatic rings. The second-order valence-corrected chi connectivity index (χ2v) is 7.13. The van der Waals surface area contributed by atoms with Crippen molar-refractivity contribution in [2.24, 2.45) is 0 Å². The van der Waals surface area contributed by atoms with Gasteiger partial charge in [-0.2, -0.15) is 5.10 Å². The summed E-state index contributed by atoms with van der Waals surface area (Å²) in [5.41, 5.74) is 3.07. The summed E-state index contributed by atoms with van der Waals surface area (Å²) in [6.45, 7) is 6.50. The van der Waals surface area contributed by atoms with Crippen LogP contribution in [0.2, 0.25) is 0 Å². The quantitative estimate of drug-likeness (QED) is 0.863. The smallest absolute Gasteiger partial charge is 0.338 e. The SMILES string of the molecule is Cc1cc(C)n(CCOC(=O)c2ccc3c(c2)NC(=O)C(C)S3)n1. The summed E-state index contributed by atoms with van der Waals surface area (Å²) in [5, 5.41) is 7.01. The Morgan fingerprint density at radius 1 is 1.38 bits per heavy atom. The van der Waals surface area contributed by atoms with E-state index >= 15 is 0 Å². The monoisotopic (exact) mass is 345 g/mol. The number of nitrogens with zero attached hydrogens (tertiary/aromatic N) is 2. The van der Waals surface area contributed by atoms with Crippen LogP contribution in [0.3, 0.4) is 0 Å². The Balaban J connectivity index is 1.62. The number of aryl methyl sites for hydroxylation is 2. The van der Waals surface area contributed by atoms with E-state index in [4.69, 9.17) is 4.74 Å². The van der Waals surface area contributed by atoms with E-state index in [9.17, 15) is 9.59 Å². The molecule has 0 saturated carbocycles. The van der Waals surface area contributed by atoms with Crippen molar-refractivity contribution in [2.75, 3.05) is 11.9 Å². The average molecular weight is 345 g/mol. The van der Waals surface area contributed by atoms with Crippen LogP contribution >= 0.6 is 11.8 Å². The summed E-state index contributed by atoms with van der Waals surface area (Å²) in [6, 6.07) is 7.21. The fourth-order valence-electron chi connectivity index (χ4n) is 2.55. The number of fused-ring (bicyclic) bond motifs is 1. The van der Waals surface area contributed by atoms with Crippen LogP contribution in [0.25, 0.3) is 0 Å². The van der Waals surface area contributed by atoms with Gasteiger partial charge in [0.1, 0.15) is 6.61 Å². The van der Waals surface area contributed by atoms with Gasteiger partial charge in [-0.25, -0.2) is 4.79 Å². The fourth-order valence-corrected chi connectivity index (χ4v) is 3.48. The number of anilines is 1. The lowest BCUT2D eigenvalue weighted by molar-refractivity contribution is -0.115. The van der Waals surface area contributed by atoms with Gasteiger partial charge in [-0.05, 0) is 45.0 Å². The summed E-state index contributed by atoms with van der Waals surface area (Å²) in [4.78, 5) is 24.9. The molecule has 24 heavy (non-hydrogen) atoms. The Labute approximate surface area is 144 Å². The van der Waals surface area contributed by atoms with Crippen LogP contribution in [0.1, 0.15) is 28.7 Å². The molecule has 0 radical (unpaired) electrons. The van der Waals surface area contributed by atoms with E-state index in [-0.39, 0.29) is 17.8 Å². The number of esters is 1. The van der Waals surface area contributed by atoms with Crippen molar-refractivity contribution in [1.29, 1.82) is 0 Å². The van der Waals surface area contributed by atoms with E-state index in [0.717, 1.165) is 16.3 Å². The van der Waals surface area contributed by atoms with E-state index in [1.807, 2.05) is 37.6 Å². The topological polar surface area (TPSA) is 73.2 Å². The number of benzene rings is 1. The lowest BCUT2D eigenvalue weighted by Crippen LogP contribution is -2.26. The van der Waals surface area contributed by atoms with Crippen LogP contribution in [0.15, 0.2) is 29.2 Å². The van der Waals surface area contributed by atoms with E-state index in [1.54, 1.807) is 12.1 Å². The molecular formula is C17H19N3O3S. The van der Waals surface area contributed by atoms with Gasteiger partial charge in [-0.3, -0.25) is 9.48 Å². The van der Waals surface area contributed by atoms with Crippen molar-refractivity contribution in [1.82, 2.24) is 9.78 Å². The minimum Gasteiger partial charge on any atom is -0.460 e. The molecule has 0 spiro atoms. The maximum absolute atomic E-state index is 12.2. The molecule has 0 aliphatic carbocycles. The highest BCUT2D eigenvalue weighted by Crippen LogP contribution is 2.35. The van der Waals surface area contributed by atoms with E-state index in [1.165, 1.54) is 11.8 Å². The minimum absolute atomic E-state index is 0.0532. The number of hydrogen-bond acceptors (Lipinski definition) is 5. The zero-order valence-corrected chi connectivity index (χ0v) is 14.6. The van der Waals surface area contributed by atoms with Gasteiger partial charge < -0.3 is 10.1 Å². The van der Waals surface area contributed by atoms with Crippen LogP contribution in [0, 0.1) is 13.8 Å². The molecular weight excluding hydrogens is 326 g/mol. The number of ether oxygens (including phenoxy) is 1. The summed E-state index contributed by atoms with van der Waals surface area (Å²) in [6.07, 6.45) is 0. The molecule has 0 bridgehead atoms. The molecule has 3 rings (SSSR count). The summed E-state index contributed by atoms with van der Waals surface area (Å²) < 4.78 is 7.13. The highest BCUT2D eigenvalue weighted by Gasteiger charge is 2.24. The maximum Gasteiger partial charge on any atom is 0.338 e. The molecule has 1 aromatic carbocycles. The minimum atomic E-state index is -0.405. The number of carbonyl (C=O) groups excluding carboxylic acids is 2. The van der Waals surface area contributed by atoms with Gasteiger partial charge in [-0.1, -0.05) is 0 Å². The lowest BCUT2D eigenvalue weighted by Gasteiger charge is -2.21. The average Bonchev–Trinajstić information content (AvgIpc) is 2.85. The standard InChI is InChI=1S/C17H19N3O3S/c1-10-8-11(2)20(19-10)6-7-23-17(22)13-4-5-15-14(9-13)18-16(21)12(3)24-15/h4-5,8-9,12H,6-7H2,1-3H3,(H,18,21). The predicted molar refractivity (Wildman–Crippen MR) is 92.4 cm³/mol. The third-order valence-electron chi connectivity index (χ3n) is 3.79. The van der Waals surface area contributed by atoms with Gasteiger partial charge in [0.2, 0.25) is 5.91 Å². The number of hydrogen-bond donors (Lipinski definition) is 1. The summed E-state index contributed by atoms with van der Waals surface area (Å²) in [7, 11) is 0. The second kappa shape index (κ2) is 6.68. The van der Waals surface area contributed by atoms with Crippen molar-refractivity contribution in [3.8, 4) is 0 Å². The Morgan fingerprint density at radius 3 is 2.88 bits per heavy atom. The number of thioether (sulfide) groups is 1. The third-order valence-corrected chi connectivity index (χ3v) is 4.96. The summed E-state index contributed by atoms with van der Waals surface area (Å²) >= 11 is 1.48. The lowest BCUT2D eigenvalue weighted by atomic mass is 10.2. The van der Waals surface area contributed by atoms with Gasteiger partial charge in [0, 0.05) is 10.6 Å². The molecule has 0 saturated heterocycles. The molecule has 6 nitrogen and oxygen atoms in total. The van der Waals surface area contributed by atoms with Crippen molar-refractivity contribution < 1.29 is 14.3 Å². The Morgan fingerprint density at radius 2 is 2.17 bits per heavy atom. The van der Waals surface area contributed by atoms with E-state index in [0.29, 0.717) is 17.8 Å². The van der Waals surface area contributed by atoms with Gasteiger partial charge in [0.15, 0.2) is 0 Å². The van der Waals surface area contributed by atoms with E-state index in [2.05, 4.69) is 10.4 Å². The number of carbonyl (C=O) groups is 2. The van der Waals surface area contributed by atoms with Crippen molar-refractivity contribution >= 4 is 29.3 Å². The predicted octanol–water partition coefficient (Wildman–Crippen LogP) is 2.79. The van der Waals surface area contributed by atoms with Gasteiger partial charge in [0.05, 0.1) is 28.7 Å². The van der Waals surface area contributed by atoms with Crippen LogP contribution in [0.5, 0.6) is 0 Å². The van der Waals surface area contributed by atoms with Crippen molar-refractivity contribution in [3.63, 3.8) is 0 Å². The highest BCUT2D eigenvalue weighted by atomic mass is 32.2. The van der Waals surface area contributed by atoms with Gasteiger partial charge >= 0.3 is 5.97 Å². The van der Waals surface area contributed by atoms with E-state index < -0.39 is 5.97 Å². The number of aromatic nitrogens is 2. The molecule has 2 heterocycles. The molecule has 1 amide bonds. The van der Waals surface area contributed by atoms with Crippen LogP contribution in [0.4, 0.5) is 5.69 Å². The maximum atomic E-state index is 12.2. The molecule has 126 valence electrons. The first-order chi connectivity index (χ1) is 11.4. The Bertz CT molecular complexity index is 800. The first-order valence-corrected chi connectivity index (χ1v) is 8.62. The zero-order chi connectivity index (χ0) is 17.3. The van der Waals surface area contributed by atoms with Crippen molar-refractivity contribution in [2.45, 2.75) is 37.5 Å². The highest BCUT2D eigenvalue weighted by molar-refractivity contribution is 8.00. The molecule has 7 heteroatoms. The molecule has 1 aliphatic rings. The molecule has 1 N–H and O–H groups in total. The molecule has 1 atom stereocenters. The Hall–Kier alpha value is -2.28. The largest absolute Gasteiger partial charge is 0.460 e. The Kier molecular flexibility index (Phi) is 4.62. The summed E-state index contributed by atoms with van der Waals surface area (Å²) in [5.74, 6) is -0.459. The number of amides is 1. The number of rotatable bonds is 4. The first-order valence-electron chi connectivity index (χ1n) is 7.74.